The number of hydrogen-bond donors (Lipinski definition) is 2. The zero-order valence-electron chi connectivity index (χ0n) is 14.7. The first-order valence-electron chi connectivity index (χ1n) is 8.76. The molecule has 1 saturated heterocycles. The van der Waals surface area contributed by atoms with Crippen molar-refractivity contribution in [3.8, 4) is 0 Å². The lowest BCUT2D eigenvalue weighted by Crippen LogP contribution is -2.27. The highest BCUT2D eigenvalue weighted by atomic mass is 32.2. The summed E-state index contributed by atoms with van der Waals surface area (Å²) in [6, 6.07) is 14.8. The Hall–Kier alpha value is -1.96. The van der Waals surface area contributed by atoms with Crippen LogP contribution in [0.25, 0.3) is 0 Å². The molecule has 0 amide bonds. The third kappa shape index (κ3) is 4.41. The topological polar surface area (TPSA) is 61.4 Å². The van der Waals surface area contributed by atoms with Gasteiger partial charge in [-0.3, -0.25) is 0 Å². The van der Waals surface area contributed by atoms with Crippen molar-refractivity contribution in [3.05, 3.63) is 54.1 Å². The second kappa shape index (κ2) is 8.16. The molecular formula is C19H23N3O2S2. The fourth-order valence-electron chi connectivity index (χ4n) is 2.95. The van der Waals surface area contributed by atoms with E-state index in [1.807, 2.05) is 12.1 Å². The Kier molecular flexibility index (Phi) is 5.90. The molecule has 2 aromatic rings. The Labute approximate surface area is 160 Å². The van der Waals surface area contributed by atoms with E-state index in [0.717, 1.165) is 30.6 Å². The molecular weight excluding hydrogens is 366 g/mol. The number of nitrogens with zero attached hydrogens (tertiary/aromatic N) is 1. The van der Waals surface area contributed by atoms with Gasteiger partial charge in [-0.05, 0) is 73.4 Å². The lowest BCUT2D eigenvalue weighted by molar-refractivity contribution is 0.477. The second-order valence-electron chi connectivity index (χ2n) is 6.27. The molecule has 0 aromatic heterocycles. The number of anilines is 2. The van der Waals surface area contributed by atoms with Gasteiger partial charge in [0.1, 0.15) is 0 Å². The van der Waals surface area contributed by atoms with Gasteiger partial charge in [-0.2, -0.15) is 4.31 Å². The number of benzene rings is 2. The Morgan fingerprint density at radius 2 is 1.69 bits per heavy atom. The van der Waals surface area contributed by atoms with E-state index in [1.165, 1.54) is 5.56 Å². The number of nitrogens with one attached hydrogen (secondary N) is 2. The molecule has 0 aliphatic carbocycles. The van der Waals surface area contributed by atoms with Crippen LogP contribution in [0.2, 0.25) is 0 Å². The molecule has 0 saturated carbocycles. The van der Waals surface area contributed by atoms with Crippen molar-refractivity contribution in [3.63, 3.8) is 0 Å². The van der Waals surface area contributed by atoms with Gasteiger partial charge >= 0.3 is 0 Å². The summed E-state index contributed by atoms with van der Waals surface area (Å²) in [5, 5.41) is 6.70. The van der Waals surface area contributed by atoms with Crippen LogP contribution >= 0.6 is 12.2 Å². The maximum atomic E-state index is 12.5. The lowest BCUT2D eigenvalue weighted by Gasteiger charge is -2.16. The highest BCUT2D eigenvalue weighted by Crippen LogP contribution is 2.22. The molecule has 1 fully saturated rings. The van der Waals surface area contributed by atoms with Crippen molar-refractivity contribution in [1.82, 2.24) is 4.31 Å². The van der Waals surface area contributed by atoms with Crippen molar-refractivity contribution in [2.45, 2.75) is 31.1 Å². The normalized spacial score (nSPS) is 15.0. The maximum Gasteiger partial charge on any atom is 0.243 e. The van der Waals surface area contributed by atoms with Crippen molar-refractivity contribution in [2.75, 3.05) is 23.7 Å². The number of sulfonamides is 1. The summed E-state index contributed by atoms with van der Waals surface area (Å²) in [4.78, 5) is 0.319. The SMILES string of the molecule is CCc1cccc(NC(=S)Nc2ccc(S(=O)(=O)N3CCCC3)cc2)c1. The zero-order valence-corrected chi connectivity index (χ0v) is 16.4. The molecule has 3 rings (SSSR count). The average Bonchev–Trinajstić information content (AvgIpc) is 3.18. The Morgan fingerprint density at radius 3 is 2.35 bits per heavy atom. The molecule has 2 N–H and O–H groups in total. The van der Waals surface area contributed by atoms with Gasteiger partial charge in [0.05, 0.1) is 4.90 Å². The van der Waals surface area contributed by atoms with Crippen LogP contribution in [-0.2, 0) is 16.4 Å². The summed E-state index contributed by atoms with van der Waals surface area (Å²) < 4.78 is 26.6. The van der Waals surface area contributed by atoms with Gasteiger partial charge in [-0.25, -0.2) is 8.42 Å². The third-order valence-corrected chi connectivity index (χ3v) is 6.53. The molecule has 138 valence electrons. The van der Waals surface area contributed by atoms with Crippen molar-refractivity contribution in [1.29, 1.82) is 0 Å². The first-order valence-corrected chi connectivity index (χ1v) is 10.6. The number of thiocarbonyl (C=S) groups is 1. The molecule has 0 bridgehead atoms. The van der Waals surface area contributed by atoms with Gasteiger partial charge in [-0.1, -0.05) is 19.1 Å². The molecule has 0 unspecified atom stereocenters. The van der Waals surface area contributed by atoms with Crippen LogP contribution in [0.5, 0.6) is 0 Å². The molecule has 1 aliphatic heterocycles. The Morgan fingerprint density at radius 1 is 1.04 bits per heavy atom. The van der Waals surface area contributed by atoms with E-state index in [9.17, 15) is 8.42 Å². The van der Waals surface area contributed by atoms with Crippen LogP contribution in [0.15, 0.2) is 53.4 Å². The van der Waals surface area contributed by atoms with Crippen molar-refractivity contribution < 1.29 is 8.42 Å². The van der Waals surface area contributed by atoms with E-state index in [2.05, 4.69) is 29.7 Å². The molecule has 0 spiro atoms. The quantitative estimate of drug-likeness (QED) is 0.761. The van der Waals surface area contributed by atoms with Gasteiger partial charge in [-0.15, -0.1) is 0 Å². The fourth-order valence-corrected chi connectivity index (χ4v) is 4.70. The van der Waals surface area contributed by atoms with Gasteiger partial charge in [0, 0.05) is 24.5 Å². The molecule has 7 heteroatoms. The second-order valence-corrected chi connectivity index (χ2v) is 8.61. The predicted octanol–water partition coefficient (Wildman–Crippen LogP) is 3.84. The van der Waals surface area contributed by atoms with Crippen molar-refractivity contribution >= 4 is 38.7 Å². The highest BCUT2D eigenvalue weighted by molar-refractivity contribution is 7.89. The Balaban J connectivity index is 1.64. The molecule has 5 nitrogen and oxygen atoms in total. The number of aryl methyl sites for hydroxylation is 1. The lowest BCUT2D eigenvalue weighted by atomic mass is 10.1. The third-order valence-electron chi connectivity index (χ3n) is 4.41. The minimum absolute atomic E-state index is 0.319. The molecule has 0 radical (unpaired) electrons. The predicted molar refractivity (Wildman–Crippen MR) is 110 cm³/mol. The molecule has 2 aromatic carbocycles. The van der Waals surface area contributed by atoms with Gasteiger partial charge < -0.3 is 10.6 Å². The number of rotatable bonds is 5. The highest BCUT2D eigenvalue weighted by Gasteiger charge is 2.26. The summed E-state index contributed by atoms with van der Waals surface area (Å²) in [5.41, 5.74) is 2.90. The summed E-state index contributed by atoms with van der Waals surface area (Å²) >= 11 is 5.34. The van der Waals surface area contributed by atoms with E-state index in [0.29, 0.717) is 23.1 Å². The summed E-state index contributed by atoms with van der Waals surface area (Å²) in [6.45, 7) is 3.31. The minimum atomic E-state index is -3.38. The van der Waals surface area contributed by atoms with Crippen LogP contribution in [0.1, 0.15) is 25.3 Å². The van der Waals surface area contributed by atoms with E-state index < -0.39 is 10.0 Å². The Bertz CT molecular complexity index is 874. The van der Waals surface area contributed by atoms with E-state index in [-0.39, 0.29) is 0 Å². The van der Waals surface area contributed by atoms with Crippen LogP contribution in [0, 0.1) is 0 Å². The fraction of sp³-hybridized carbons (Fsp3) is 0.316. The minimum Gasteiger partial charge on any atom is -0.332 e. The van der Waals surface area contributed by atoms with E-state index >= 15 is 0 Å². The van der Waals surface area contributed by atoms with Gasteiger partial charge in [0.25, 0.3) is 0 Å². The van der Waals surface area contributed by atoms with Crippen LogP contribution in [-0.4, -0.2) is 30.9 Å². The van der Waals surface area contributed by atoms with Crippen LogP contribution in [0.3, 0.4) is 0 Å². The summed E-state index contributed by atoms with van der Waals surface area (Å²) in [5.74, 6) is 0. The van der Waals surface area contributed by atoms with E-state index in [1.54, 1.807) is 28.6 Å². The molecule has 1 aliphatic rings. The molecule has 1 heterocycles. The van der Waals surface area contributed by atoms with Crippen molar-refractivity contribution in [2.24, 2.45) is 0 Å². The van der Waals surface area contributed by atoms with Crippen LogP contribution in [0.4, 0.5) is 11.4 Å². The first-order chi connectivity index (χ1) is 12.5. The zero-order chi connectivity index (χ0) is 18.6. The van der Waals surface area contributed by atoms with E-state index in [4.69, 9.17) is 12.2 Å². The maximum absolute atomic E-state index is 12.5. The van der Waals surface area contributed by atoms with Gasteiger partial charge in [0.15, 0.2) is 5.11 Å². The first kappa shape index (κ1) is 18.8. The smallest absolute Gasteiger partial charge is 0.243 e. The number of hydrogen-bond acceptors (Lipinski definition) is 3. The largest absolute Gasteiger partial charge is 0.332 e. The average molecular weight is 390 g/mol. The summed E-state index contributed by atoms with van der Waals surface area (Å²) in [7, 11) is -3.38. The van der Waals surface area contributed by atoms with Gasteiger partial charge in [0.2, 0.25) is 10.0 Å². The summed E-state index contributed by atoms with van der Waals surface area (Å²) in [6.07, 6.45) is 2.82. The van der Waals surface area contributed by atoms with Crippen LogP contribution < -0.4 is 10.6 Å². The molecule has 0 atom stereocenters. The monoisotopic (exact) mass is 389 g/mol. The molecule has 26 heavy (non-hydrogen) atoms. The standard InChI is InChI=1S/C19H23N3O2S2/c1-2-15-6-5-7-17(14-15)21-19(25)20-16-8-10-18(11-9-16)26(23,24)22-12-3-4-13-22/h5-11,14H,2-4,12-13H2,1H3,(H2,20,21,25).